The standard InChI is InChI=1S/C11H13N3O/c1-7(12)11(15)10-8-5-3-4-6-9(8)14(2)13-10/h3-7H,12H2,1-2H3. The Balaban J connectivity index is 2.67. The van der Waals surface area contributed by atoms with E-state index in [9.17, 15) is 4.79 Å². The van der Waals surface area contributed by atoms with E-state index in [1.165, 1.54) is 0 Å². The van der Waals surface area contributed by atoms with Crippen LogP contribution in [0.2, 0.25) is 0 Å². The second-order valence-electron chi connectivity index (χ2n) is 3.64. The van der Waals surface area contributed by atoms with Gasteiger partial charge in [-0.2, -0.15) is 5.10 Å². The lowest BCUT2D eigenvalue weighted by Gasteiger charge is -2.00. The Morgan fingerprint density at radius 1 is 1.47 bits per heavy atom. The van der Waals surface area contributed by atoms with Crippen molar-refractivity contribution in [1.82, 2.24) is 9.78 Å². The van der Waals surface area contributed by atoms with Gasteiger partial charge in [0.05, 0.1) is 11.6 Å². The average Bonchev–Trinajstić information content (AvgIpc) is 2.56. The van der Waals surface area contributed by atoms with Crippen LogP contribution in [0.25, 0.3) is 10.9 Å². The molecule has 0 amide bonds. The molecule has 1 unspecified atom stereocenters. The van der Waals surface area contributed by atoms with Crippen molar-refractivity contribution in [3.8, 4) is 0 Å². The number of nitrogens with zero attached hydrogens (tertiary/aromatic N) is 2. The number of fused-ring (bicyclic) bond motifs is 1. The highest BCUT2D eigenvalue weighted by molar-refractivity contribution is 6.08. The van der Waals surface area contributed by atoms with Crippen LogP contribution in [0.15, 0.2) is 24.3 Å². The lowest BCUT2D eigenvalue weighted by Crippen LogP contribution is -2.27. The number of Topliss-reactive ketones (excluding diaryl/α,β-unsaturated/α-hetero) is 1. The fraction of sp³-hybridized carbons (Fsp3) is 0.273. The lowest BCUT2D eigenvalue weighted by atomic mass is 10.1. The third-order valence-electron chi connectivity index (χ3n) is 2.40. The van der Waals surface area contributed by atoms with Crippen molar-refractivity contribution >= 4 is 16.7 Å². The normalized spacial score (nSPS) is 13.0. The van der Waals surface area contributed by atoms with Crippen LogP contribution in [-0.2, 0) is 7.05 Å². The molecule has 2 aromatic rings. The minimum Gasteiger partial charge on any atom is -0.321 e. The van der Waals surface area contributed by atoms with Crippen LogP contribution in [-0.4, -0.2) is 21.6 Å². The first-order chi connectivity index (χ1) is 7.11. The summed E-state index contributed by atoms with van der Waals surface area (Å²) in [6, 6.07) is 7.12. The summed E-state index contributed by atoms with van der Waals surface area (Å²) in [6.07, 6.45) is 0. The fourth-order valence-corrected chi connectivity index (χ4v) is 1.61. The molecule has 1 heterocycles. The predicted octanol–water partition coefficient (Wildman–Crippen LogP) is 1.10. The molecular formula is C11H13N3O. The zero-order chi connectivity index (χ0) is 11.0. The molecule has 0 aliphatic heterocycles. The Hall–Kier alpha value is -1.68. The number of aryl methyl sites for hydroxylation is 1. The largest absolute Gasteiger partial charge is 0.321 e. The summed E-state index contributed by atoms with van der Waals surface area (Å²) < 4.78 is 1.70. The number of carbonyl (C=O) groups excluding carboxylic acids is 1. The number of benzene rings is 1. The van der Waals surface area contributed by atoms with Gasteiger partial charge in [0.1, 0.15) is 5.69 Å². The van der Waals surface area contributed by atoms with Crippen LogP contribution >= 0.6 is 0 Å². The molecule has 78 valence electrons. The summed E-state index contributed by atoms with van der Waals surface area (Å²) in [5.74, 6) is -0.119. The van der Waals surface area contributed by atoms with E-state index in [0.717, 1.165) is 10.9 Å². The first-order valence-corrected chi connectivity index (χ1v) is 4.83. The zero-order valence-corrected chi connectivity index (χ0v) is 8.77. The highest BCUT2D eigenvalue weighted by Gasteiger charge is 2.18. The van der Waals surface area contributed by atoms with Gasteiger partial charge >= 0.3 is 0 Å². The van der Waals surface area contributed by atoms with E-state index in [1.54, 1.807) is 11.6 Å². The molecule has 0 aliphatic rings. The van der Waals surface area contributed by atoms with Gasteiger partial charge in [-0.15, -0.1) is 0 Å². The van der Waals surface area contributed by atoms with Gasteiger partial charge in [0, 0.05) is 12.4 Å². The minimum atomic E-state index is -0.511. The number of rotatable bonds is 2. The number of hydrogen-bond donors (Lipinski definition) is 1. The van der Waals surface area contributed by atoms with Crippen LogP contribution < -0.4 is 5.73 Å². The van der Waals surface area contributed by atoms with E-state index in [-0.39, 0.29) is 5.78 Å². The molecule has 0 bridgehead atoms. The van der Waals surface area contributed by atoms with E-state index >= 15 is 0 Å². The van der Waals surface area contributed by atoms with Crippen LogP contribution in [0.4, 0.5) is 0 Å². The minimum absolute atomic E-state index is 0.119. The molecule has 1 atom stereocenters. The topological polar surface area (TPSA) is 60.9 Å². The van der Waals surface area contributed by atoms with Gasteiger partial charge in [-0.1, -0.05) is 18.2 Å². The van der Waals surface area contributed by atoms with E-state index < -0.39 is 6.04 Å². The number of ketones is 1. The van der Waals surface area contributed by atoms with Gasteiger partial charge in [0.25, 0.3) is 0 Å². The van der Waals surface area contributed by atoms with Crippen molar-refractivity contribution in [3.05, 3.63) is 30.0 Å². The van der Waals surface area contributed by atoms with E-state index in [4.69, 9.17) is 5.73 Å². The molecule has 15 heavy (non-hydrogen) atoms. The Kier molecular flexibility index (Phi) is 2.28. The van der Waals surface area contributed by atoms with Gasteiger partial charge in [-0.25, -0.2) is 0 Å². The number of carbonyl (C=O) groups is 1. The Morgan fingerprint density at radius 2 is 2.13 bits per heavy atom. The van der Waals surface area contributed by atoms with Gasteiger partial charge in [0.2, 0.25) is 0 Å². The number of para-hydroxylation sites is 1. The summed E-state index contributed by atoms with van der Waals surface area (Å²) >= 11 is 0. The van der Waals surface area contributed by atoms with Crippen molar-refractivity contribution in [2.45, 2.75) is 13.0 Å². The van der Waals surface area contributed by atoms with Gasteiger partial charge in [0.15, 0.2) is 5.78 Å². The highest BCUT2D eigenvalue weighted by atomic mass is 16.1. The van der Waals surface area contributed by atoms with Crippen LogP contribution in [0.3, 0.4) is 0 Å². The second kappa shape index (κ2) is 3.47. The molecule has 4 nitrogen and oxygen atoms in total. The number of nitrogens with two attached hydrogens (primary N) is 1. The molecule has 1 aromatic carbocycles. The summed E-state index contributed by atoms with van der Waals surface area (Å²) in [7, 11) is 1.82. The Labute approximate surface area is 87.7 Å². The molecule has 0 spiro atoms. The van der Waals surface area contributed by atoms with Gasteiger partial charge in [-0.3, -0.25) is 9.48 Å². The predicted molar refractivity (Wildman–Crippen MR) is 58.7 cm³/mol. The summed E-state index contributed by atoms with van der Waals surface area (Å²) in [6.45, 7) is 1.67. The first kappa shape index (κ1) is 9.86. The molecule has 0 aliphatic carbocycles. The molecule has 0 saturated heterocycles. The molecule has 0 fully saturated rings. The average molecular weight is 203 g/mol. The number of aromatic nitrogens is 2. The highest BCUT2D eigenvalue weighted by Crippen LogP contribution is 2.18. The van der Waals surface area contributed by atoms with Crippen LogP contribution in [0.1, 0.15) is 17.4 Å². The summed E-state index contributed by atoms with van der Waals surface area (Å²) in [5, 5.41) is 5.06. The van der Waals surface area contributed by atoms with Gasteiger partial charge in [-0.05, 0) is 13.0 Å². The molecule has 2 rings (SSSR count). The van der Waals surface area contributed by atoms with E-state index in [2.05, 4.69) is 5.10 Å². The third kappa shape index (κ3) is 1.53. The van der Waals surface area contributed by atoms with Crippen molar-refractivity contribution < 1.29 is 4.79 Å². The molecule has 1 aromatic heterocycles. The van der Waals surface area contributed by atoms with Crippen LogP contribution in [0, 0.1) is 0 Å². The summed E-state index contributed by atoms with van der Waals surface area (Å²) in [5.41, 5.74) is 6.98. The first-order valence-electron chi connectivity index (χ1n) is 4.83. The van der Waals surface area contributed by atoms with Gasteiger partial charge < -0.3 is 5.73 Å². The molecule has 0 saturated carbocycles. The maximum Gasteiger partial charge on any atom is 0.200 e. The van der Waals surface area contributed by atoms with Crippen molar-refractivity contribution in [1.29, 1.82) is 0 Å². The lowest BCUT2D eigenvalue weighted by molar-refractivity contribution is 0.0964. The monoisotopic (exact) mass is 203 g/mol. The Bertz CT molecular complexity index is 514. The molecule has 0 radical (unpaired) electrons. The SMILES string of the molecule is CC(N)C(=O)c1nn(C)c2ccccc12. The number of hydrogen-bond acceptors (Lipinski definition) is 3. The molecule has 2 N–H and O–H groups in total. The van der Waals surface area contributed by atoms with Crippen molar-refractivity contribution in [3.63, 3.8) is 0 Å². The third-order valence-corrected chi connectivity index (χ3v) is 2.40. The molecular weight excluding hydrogens is 190 g/mol. The summed E-state index contributed by atoms with van der Waals surface area (Å²) in [4.78, 5) is 11.8. The quantitative estimate of drug-likeness (QED) is 0.743. The van der Waals surface area contributed by atoms with Crippen molar-refractivity contribution in [2.75, 3.05) is 0 Å². The van der Waals surface area contributed by atoms with Crippen LogP contribution in [0.5, 0.6) is 0 Å². The fourth-order valence-electron chi connectivity index (χ4n) is 1.61. The Morgan fingerprint density at radius 3 is 2.80 bits per heavy atom. The molecule has 4 heteroatoms. The maximum absolute atomic E-state index is 11.8. The van der Waals surface area contributed by atoms with E-state index in [1.807, 2.05) is 31.3 Å². The smallest absolute Gasteiger partial charge is 0.200 e. The van der Waals surface area contributed by atoms with Crippen molar-refractivity contribution in [2.24, 2.45) is 12.8 Å². The van der Waals surface area contributed by atoms with E-state index in [0.29, 0.717) is 5.69 Å². The zero-order valence-electron chi connectivity index (χ0n) is 8.77. The maximum atomic E-state index is 11.8. The second-order valence-corrected chi connectivity index (χ2v) is 3.64.